The Labute approximate surface area is 167 Å². The van der Waals surface area contributed by atoms with Crippen LogP contribution in [0.4, 0.5) is 0 Å². The van der Waals surface area contributed by atoms with Crippen molar-refractivity contribution in [1.82, 2.24) is 9.47 Å². The quantitative estimate of drug-likeness (QED) is 0.585. The summed E-state index contributed by atoms with van der Waals surface area (Å²) in [7, 11) is 0. The Kier molecular flexibility index (Phi) is 5.72. The second-order valence-electron chi connectivity index (χ2n) is 7.06. The average molecular weight is 427 g/mol. The Morgan fingerprint density at radius 1 is 1.11 bits per heavy atom. The molecule has 0 spiro atoms. The molecule has 4 nitrogen and oxygen atoms in total. The van der Waals surface area contributed by atoms with Crippen molar-refractivity contribution in [2.45, 2.75) is 32.2 Å². The van der Waals surface area contributed by atoms with Crippen LogP contribution in [0.15, 0.2) is 70.1 Å². The number of aromatic nitrogens is 1. The lowest BCUT2D eigenvalue weighted by Crippen LogP contribution is -2.34. The maximum Gasteiger partial charge on any atom is 0.189 e. The molecule has 0 bridgehead atoms. The molecule has 1 saturated heterocycles. The van der Waals surface area contributed by atoms with Gasteiger partial charge >= 0.3 is 0 Å². The standard InChI is InChI=1S/C22H23BrN2O2/c23-20-10-4-9-19-21(26)11-12-25(22(19)20)16-24(15-18-8-5-13-27-18)14-17-6-2-1-3-7-17/h1-4,6-7,9-12,18H,5,8,13-16H2. The first-order chi connectivity index (χ1) is 13.2. The molecule has 0 N–H and O–H groups in total. The first-order valence-electron chi connectivity index (χ1n) is 9.36. The molecule has 1 aromatic heterocycles. The molecule has 1 aliphatic rings. The zero-order valence-electron chi connectivity index (χ0n) is 15.2. The van der Waals surface area contributed by atoms with Gasteiger partial charge in [0.1, 0.15) is 0 Å². The van der Waals surface area contributed by atoms with E-state index in [1.807, 2.05) is 30.5 Å². The van der Waals surface area contributed by atoms with Crippen molar-refractivity contribution in [3.63, 3.8) is 0 Å². The predicted molar refractivity (Wildman–Crippen MR) is 112 cm³/mol. The summed E-state index contributed by atoms with van der Waals surface area (Å²) < 4.78 is 8.97. The molecule has 140 valence electrons. The lowest BCUT2D eigenvalue weighted by molar-refractivity contribution is 0.0596. The minimum Gasteiger partial charge on any atom is -0.377 e. The Bertz CT molecular complexity index is 965. The van der Waals surface area contributed by atoms with Crippen molar-refractivity contribution < 1.29 is 4.74 Å². The Balaban J connectivity index is 1.65. The van der Waals surface area contributed by atoms with Gasteiger partial charge in [-0.25, -0.2) is 0 Å². The molecule has 0 aliphatic carbocycles. The molecule has 2 aromatic carbocycles. The van der Waals surface area contributed by atoms with Crippen LogP contribution in [-0.2, 0) is 18.0 Å². The van der Waals surface area contributed by atoms with Crippen molar-refractivity contribution in [3.8, 4) is 0 Å². The van der Waals surface area contributed by atoms with Gasteiger partial charge in [0.2, 0.25) is 0 Å². The molecular formula is C22H23BrN2O2. The number of fused-ring (bicyclic) bond motifs is 1. The van der Waals surface area contributed by atoms with Gasteiger partial charge in [-0.05, 0) is 46.5 Å². The van der Waals surface area contributed by atoms with Crippen molar-refractivity contribution in [2.75, 3.05) is 13.2 Å². The number of para-hydroxylation sites is 1. The number of pyridine rings is 1. The largest absolute Gasteiger partial charge is 0.377 e. The molecule has 3 aromatic rings. The fraction of sp³-hybridized carbons (Fsp3) is 0.318. The number of ether oxygens (including phenoxy) is 1. The van der Waals surface area contributed by atoms with Crippen LogP contribution in [0.25, 0.3) is 10.9 Å². The molecule has 1 fully saturated rings. The third-order valence-electron chi connectivity index (χ3n) is 5.03. The van der Waals surface area contributed by atoms with E-state index >= 15 is 0 Å². The number of hydrogen-bond acceptors (Lipinski definition) is 3. The van der Waals surface area contributed by atoms with Gasteiger partial charge in [0.05, 0.1) is 18.3 Å². The molecule has 5 heteroatoms. The average Bonchev–Trinajstić information content (AvgIpc) is 3.18. The predicted octanol–water partition coefficient (Wildman–Crippen LogP) is 4.40. The first-order valence-corrected chi connectivity index (χ1v) is 10.2. The second kappa shape index (κ2) is 8.38. The monoisotopic (exact) mass is 426 g/mol. The Hall–Kier alpha value is -1.95. The summed E-state index contributed by atoms with van der Waals surface area (Å²) >= 11 is 3.62. The summed E-state index contributed by atoms with van der Waals surface area (Å²) in [5.41, 5.74) is 2.27. The van der Waals surface area contributed by atoms with E-state index in [0.29, 0.717) is 6.67 Å². The van der Waals surface area contributed by atoms with Crippen LogP contribution < -0.4 is 5.43 Å². The number of hydrogen-bond donors (Lipinski definition) is 0. The van der Waals surface area contributed by atoms with E-state index in [9.17, 15) is 4.79 Å². The van der Waals surface area contributed by atoms with Crippen LogP contribution >= 0.6 is 15.9 Å². The summed E-state index contributed by atoms with van der Waals surface area (Å²) in [5.74, 6) is 0. The highest BCUT2D eigenvalue weighted by atomic mass is 79.9. The summed E-state index contributed by atoms with van der Waals surface area (Å²) in [6.07, 6.45) is 4.42. The molecule has 0 radical (unpaired) electrons. The minimum atomic E-state index is 0.0521. The summed E-state index contributed by atoms with van der Waals surface area (Å²) in [6.45, 7) is 3.29. The van der Waals surface area contributed by atoms with Gasteiger partial charge in [0, 0.05) is 41.8 Å². The van der Waals surface area contributed by atoms with Gasteiger partial charge in [0.25, 0.3) is 0 Å². The zero-order valence-corrected chi connectivity index (χ0v) is 16.8. The molecule has 1 unspecified atom stereocenters. The molecule has 0 amide bonds. The van der Waals surface area contributed by atoms with Gasteiger partial charge < -0.3 is 9.30 Å². The van der Waals surface area contributed by atoms with Crippen LogP contribution in [0.2, 0.25) is 0 Å². The summed E-state index contributed by atoms with van der Waals surface area (Å²) in [6, 6.07) is 17.9. The third kappa shape index (κ3) is 4.32. The molecule has 2 heterocycles. The van der Waals surface area contributed by atoms with Gasteiger partial charge in [-0.2, -0.15) is 0 Å². The highest BCUT2D eigenvalue weighted by Crippen LogP contribution is 2.23. The molecular weight excluding hydrogens is 404 g/mol. The van der Waals surface area contributed by atoms with Crippen LogP contribution in [0.1, 0.15) is 18.4 Å². The van der Waals surface area contributed by atoms with Gasteiger partial charge in [0.15, 0.2) is 5.43 Å². The topological polar surface area (TPSA) is 34.5 Å². The maximum atomic E-state index is 12.3. The number of rotatable bonds is 6. The van der Waals surface area contributed by atoms with Crippen LogP contribution in [0.5, 0.6) is 0 Å². The third-order valence-corrected chi connectivity index (χ3v) is 5.67. The molecule has 1 aliphatic heterocycles. The number of nitrogens with zero attached hydrogens (tertiary/aromatic N) is 2. The fourth-order valence-corrected chi connectivity index (χ4v) is 4.35. The fourth-order valence-electron chi connectivity index (χ4n) is 3.75. The van der Waals surface area contributed by atoms with Gasteiger partial charge in [-0.3, -0.25) is 9.69 Å². The SMILES string of the molecule is O=c1ccn(CN(Cc2ccccc2)CC2CCCO2)c2c(Br)cccc12. The number of halogens is 1. The van der Waals surface area contributed by atoms with Crippen LogP contribution in [-0.4, -0.2) is 28.7 Å². The Morgan fingerprint density at radius 3 is 2.74 bits per heavy atom. The molecule has 0 saturated carbocycles. The highest BCUT2D eigenvalue weighted by Gasteiger charge is 2.20. The minimum absolute atomic E-state index is 0.0521. The molecule has 27 heavy (non-hydrogen) atoms. The van der Waals surface area contributed by atoms with E-state index in [2.05, 4.69) is 49.7 Å². The van der Waals surface area contributed by atoms with E-state index in [-0.39, 0.29) is 11.5 Å². The normalized spacial score (nSPS) is 17.0. The van der Waals surface area contributed by atoms with Gasteiger partial charge in [-0.1, -0.05) is 36.4 Å². The summed E-state index contributed by atoms with van der Waals surface area (Å²) in [4.78, 5) is 14.7. The van der Waals surface area contributed by atoms with Crippen molar-refractivity contribution in [2.24, 2.45) is 0 Å². The maximum absolute atomic E-state index is 12.3. The zero-order chi connectivity index (χ0) is 18.6. The lowest BCUT2D eigenvalue weighted by atomic mass is 10.2. The first kappa shape index (κ1) is 18.4. The second-order valence-corrected chi connectivity index (χ2v) is 7.91. The van der Waals surface area contributed by atoms with E-state index in [4.69, 9.17) is 4.74 Å². The smallest absolute Gasteiger partial charge is 0.189 e. The van der Waals surface area contributed by atoms with Crippen molar-refractivity contribution in [3.05, 3.63) is 81.1 Å². The van der Waals surface area contributed by atoms with Crippen LogP contribution in [0.3, 0.4) is 0 Å². The lowest BCUT2D eigenvalue weighted by Gasteiger charge is -2.27. The Morgan fingerprint density at radius 2 is 1.96 bits per heavy atom. The molecule has 1 atom stereocenters. The van der Waals surface area contributed by atoms with E-state index in [1.54, 1.807) is 6.07 Å². The molecule has 4 rings (SSSR count). The van der Waals surface area contributed by atoms with E-state index < -0.39 is 0 Å². The summed E-state index contributed by atoms with van der Waals surface area (Å²) in [5, 5.41) is 0.739. The highest BCUT2D eigenvalue weighted by molar-refractivity contribution is 9.10. The van der Waals surface area contributed by atoms with Gasteiger partial charge in [-0.15, -0.1) is 0 Å². The van der Waals surface area contributed by atoms with E-state index in [1.165, 1.54) is 5.56 Å². The number of benzene rings is 2. The van der Waals surface area contributed by atoms with Crippen molar-refractivity contribution in [1.29, 1.82) is 0 Å². The van der Waals surface area contributed by atoms with E-state index in [0.717, 1.165) is 47.9 Å². The van der Waals surface area contributed by atoms with Crippen LogP contribution in [0, 0.1) is 0 Å². The van der Waals surface area contributed by atoms with Crippen molar-refractivity contribution >= 4 is 26.8 Å².